The Bertz CT molecular complexity index is 1420. The predicted octanol–water partition coefficient (Wildman–Crippen LogP) is 5.23. The first-order chi connectivity index (χ1) is 17.2. The molecule has 0 radical (unpaired) electrons. The van der Waals surface area contributed by atoms with Gasteiger partial charge in [0.2, 0.25) is 0 Å². The maximum absolute atomic E-state index is 13.5. The van der Waals surface area contributed by atoms with Gasteiger partial charge in [-0.05, 0) is 53.2 Å². The van der Waals surface area contributed by atoms with Crippen LogP contribution in [-0.4, -0.2) is 49.4 Å². The van der Waals surface area contributed by atoms with Gasteiger partial charge in [-0.25, -0.2) is 9.38 Å². The number of piperazine rings is 1. The number of carbonyl (C=O) groups excluding carboxylic acids is 1. The fraction of sp³-hybridized carbons (Fsp3) is 0.172. The lowest BCUT2D eigenvalue weighted by Gasteiger charge is -2.37. The van der Waals surface area contributed by atoms with Gasteiger partial charge in [0, 0.05) is 37.4 Å². The molecule has 0 atom stereocenters. The zero-order chi connectivity index (χ0) is 23.8. The second-order valence-electron chi connectivity index (χ2n) is 8.97. The molecule has 5 nitrogen and oxygen atoms in total. The summed E-state index contributed by atoms with van der Waals surface area (Å²) in [7, 11) is 0. The summed E-state index contributed by atoms with van der Waals surface area (Å²) in [6.07, 6.45) is 0. The van der Waals surface area contributed by atoms with Crippen molar-refractivity contribution in [2.75, 3.05) is 42.6 Å². The van der Waals surface area contributed by atoms with Crippen molar-refractivity contribution in [3.8, 4) is 0 Å². The van der Waals surface area contributed by atoms with Crippen molar-refractivity contribution in [3.05, 3.63) is 102 Å². The van der Waals surface area contributed by atoms with Gasteiger partial charge in [-0.3, -0.25) is 14.6 Å². The summed E-state index contributed by atoms with van der Waals surface area (Å²) < 4.78 is 13.3. The molecule has 35 heavy (non-hydrogen) atoms. The van der Waals surface area contributed by atoms with E-state index in [0.29, 0.717) is 12.4 Å². The van der Waals surface area contributed by atoms with E-state index in [1.54, 1.807) is 0 Å². The van der Waals surface area contributed by atoms with Gasteiger partial charge in [0.1, 0.15) is 11.5 Å². The molecule has 4 aromatic rings. The number of rotatable bonds is 4. The summed E-state index contributed by atoms with van der Waals surface area (Å²) >= 11 is 0. The smallest absolute Gasteiger partial charge is 0.278 e. The van der Waals surface area contributed by atoms with Crippen LogP contribution in [0.1, 0.15) is 5.56 Å². The van der Waals surface area contributed by atoms with Gasteiger partial charge < -0.3 is 4.90 Å². The Kier molecular flexibility index (Phi) is 5.51. The van der Waals surface area contributed by atoms with Gasteiger partial charge in [0.05, 0.1) is 18.0 Å². The van der Waals surface area contributed by atoms with Gasteiger partial charge in [-0.1, -0.05) is 48.5 Å². The molecule has 4 aromatic carbocycles. The standard InChI is InChI=1S/C29H25FN4O/c30-23-10-13-25(14-11-23)33-17-15-32(16-18-33)20-34-27-8-4-3-7-26(27)28(29(34)35)31-24-12-9-21-5-1-2-6-22(21)19-24/h1-14,19H,15-18,20H2. The van der Waals surface area contributed by atoms with Crippen LogP contribution in [0, 0.1) is 5.82 Å². The monoisotopic (exact) mass is 464 g/mol. The van der Waals surface area contributed by atoms with Crippen LogP contribution in [0.3, 0.4) is 0 Å². The molecular weight excluding hydrogens is 439 g/mol. The molecule has 0 aliphatic carbocycles. The number of carbonyl (C=O) groups is 1. The Balaban J connectivity index is 1.21. The van der Waals surface area contributed by atoms with E-state index in [4.69, 9.17) is 4.99 Å². The summed E-state index contributed by atoms with van der Waals surface area (Å²) in [6.45, 7) is 3.81. The van der Waals surface area contributed by atoms with E-state index in [0.717, 1.165) is 59.6 Å². The number of para-hydroxylation sites is 1. The number of fused-ring (bicyclic) bond motifs is 2. The third kappa shape index (κ3) is 4.17. The number of anilines is 2. The fourth-order valence-electron chi connectivity index (χ4n) is 4.88. The Morgan fingerprint density at radius 2 is 1.49 bits per heavy atom. The fourth-order valence-corrected chi connectivity index (χ4v) is 4.88. The summed E-state index contributed by atoms with van der Waals surface area (Å²) in [5.41, 5.74) is 4.06. The Morgan fingerprint density at radius 1 is 0.771 bits per heavy atom. The molecule has 0 saturated carbocycles. The molecule has 2 aliphatic rings. The molecule has 1 amide bonds. The highest BCUT2D eigenvalue weighted by Gasteiger charge is 2.35. The molecule has 0 unspecified atom stereocenters. The van der Waals surface area contributed by atoms with Crippen LogP contribution in [0.15, 0.2) is 96.0 Å². The van der Waals surface area contributed by atoms with Gasteiger partial charge in [-0.15, -0.1) is 0 Å². The highest BCUT2D eigenvalue weighted by Crippen LogP contribution is 2.32. The average molecular weight is 465 g/mol. The number of amides is 1. The second kappa shape index (κ2) is 8.96. The first-order valence-corrected chi connectivity index (χ1v) is 11.9. The van der Waals surface area contributed by atoms with Crippen LogP contribution in [-0.2, 0) is 4.79 Å². The van der Waals surface area contributed by atoms with Crippen LogP contribution in [0.5, 0.6) is 0 Å². The molecular formula is C29H25FN4O. The number of hydrogen-bond donors (Lipinski definition) is 0. The first-order valence-electron chi connectivity index (χ1n) is 11.9. The molecule has 0 bridgehead atoms. The molecule has 1 fully saturated rings. The number of halogens is 1. The van der Waals surface area contributed by atoms with Crippen molar-refractivity contribution in [2.45, 2.75) is 0 Å². The molecule has 0 aromatic heterocycles. The molecule has 6 heteroatoms. The SMILES string of the molecule is O=C1C(=Nc2ccc3ccccc3c2)c2ccccc2N1CN1CCN(c2ccc(F)cc2)CC1. The van der Waals surface area contributed by atoms with Crippen molar-refractivity contribution >= 4 is 39.5 Å². The van der Waals surface area contributed by atoms with E-state index in [1.807, 2.05) is 71.6 Å². The Morgan fingerprint density at radius 3 is 2.29 bits per heavy atom. The van der Waals surface area contributed by atoms with Crippen LogP contribution >= 0.6 is 0 Å². The summed E-state index contributed by atoms with van der Waals surface area (Å²) in [5, 5.41) is 2.25. The third-order valence-corrected chi connectivity index (χ3v) is 6.78. The first kappa shape index (κ1) is 21.5. The highest BCUT2D eigenvalue weighted by molar-refractivity contribution is 6.54. The van der Waals surface area contributed by atoms with E-state index in [-0.39, 0.29) is 11.7 Å². The molecule has 174 valence electrons. The van der Waals surface area contributed by atoms with Gasteiger partial charge in [0.25, 0.3) is 5.91 Å². The van der Waals surface area contributed by atoms with Crippen LogP contribution < -0.4 is 9.80 Å². The molecule has 2 heterocycles. The summed E-state index contributed by atoms with van der Waals surface area (Å²) in [6, 6.07) is 28.7. The van der Waals surface area contributed by atoms with Crippen molar-refractivity contribution in [1.82, 2.24) is 4.90 Å². The highest BCUT2D eigenvalue weighted by atomic mass is 19.1. The molecule has 0 N–H and O–H groups in total. The van der Waals surface area contributed by atoms with E-state index >= 15 is 0 Å². The third-order valence-electron chi connectivity index (χ3n) is 6.78. The molecule has 6 rings (SSSR count). The van der Waals surface area contributed by atoms with Gasteiger partial charge in [-0.2, -0.15) is 0 Å². The van der Waals surface area contributed by atoms with Crippen LogP contribution in [0.2, 0.25) is 0 Å². The minimum atomic E-state index is -0.222. The van der Waals surface area contributed by atoms with E-state index < -0.39 is 0 Å². The van der Waals surface area contributed by atoms with Crippen molar-refractivity contribution in [2.24, 2.45) is 4.99 Å². The number of hydrogen-bond acceptors (Lipinski definition) is 4. The van der Waals surface area contributed by atoms with E-state index in [2.05, 4.69) is 21.9 Å². The van der Waals surface area contributed by atoms with Gasteiger partial charge >= 0.3 is 0 Å². The Labute approximate surface area is 203 Å². The molecule has 2 aliphatic heterocycles. The minimum absolute atomic E-state index is 0.0691. The quantitative estimate of drug-likeness (QED) is 0.415. The van der Waals surface area contributed by atoms with Crippen LogP contribution in [0.4, 0.5) is 21.5 Å². The van der Waals surface area contributed by atoms with Crippen LogP contribution in [0.25, 0.3) is 10.8 Å². The maximum Gasteiger partial charge on any atom is 0.278 e. The number of aliphatic imine (C=N–C) groups is 1. The Hall–Kier alpha value is -4.03. The lowest BCUT2D eigenvalue weighted by molar-refractivity contribution is -0.112. The zero-order valence-corrected chi connectivity index (χ0v) is 19.3. The molecule has 0 spiro atoms. The average Bonchev–Trinajstić information content (AvgIpc) is 3.15. The van der Waals surface area contributed by atoms with Gasteiger partial charge in [0.15, 0.2) is 0 Å². The zero-order valence-electron chi connectivity index (χ0n) is 19.3. The largest absolute Gasteiger partial charge is 0.369 e. The normalized spacial score (nSPS) is 17.4. The number of benzene rings is 4. The van der Waals surface area contributed by atoms with E-state index in [1.165, 1.54) is 12.1 Å². The summed E-state index contributed by atoms with van der Waals surface area (Å²) in [5.74, 6) is -0.292. The van der Waals surface area contributed by atoms with Crippen molar-refractivity contribution in [3.63, 3.8) is 0 Å². The van der Waals surface area contributed by atoms with E-state index in [9.17, 15) is 9.18 Å². The maximum atomic E-state index is 13.5. The minimum Gasteiger partial charge on any atom is -0.369 e. The summed E-state index contributed by atoms with van der Waals surface area (Å²) in [4.78, 5) is 24.7. The predicted molar refractivity (Wildman–Crippen MR) is 139 cm³/mol. The number of nitrogens with zero attached hydrogens (tertiary/aromatic N) is 4. The second-order valence-corrected chi connectivity index (χ2v) is 8.97. The lowest BCUT2D eigenvalue weighted by Crippen LogP contribution is -2.51. The van der Waals surface area contributed by atoms with Crippen molar-refractivity contribution in [1.29, 1.82) is 0 Å². The van der Waals surface area contributed by atoms with Crippen molar-refractivity contribution < 1.29 is 9.18 Å². The topological polar surface area (TPSA) is 39.2 Å². The molecule has 1 saturated heterocycles. The lowest BCUT2D eigenvalue weighted by atomic mass is 10.1.